The van der Waals surface area contributed by atoms with Crippen molar-refractivity contribution in [1.82, 2.24) is 15.3 Å². The molecule has 0 aliphatic carbocycles. The molecule has 1 aromatic heterocycles. The number of esters is 1. The number of urea groups is 1. The van der Waals surface area contributed by atoms with E-state index in [1.165, 1.54) is 7.11 Å². The van der Waals surface area contributed by atoms with Crippen LogP contribution in [0.25, 0.3) is 11.0 Å². The molecule has 0 radical (unpaired) electrons. The quantitative estimate of drug-likeness (QED) is 0.693. The molecule has 0 saturated heterocycles. The number of methoxy groups -OCH3 is 1. The summed E-state index contributed by atoms with van der Waals surface area (Å²) >= 11 is 0. The van der Waals surface area contributed by atoms with Crippen molar-refractivity contribution in [2.24, 2.45) is 0 Å². The molecule has 0 aliphatic rings. The molecule has 2 N–H and O–H groups in total. The van der Waals surface area contributed by atoms with E-state index < -0.39 is 5.97 Å². The van der Waals surface area contributed by atoms with Crippen LogP contribution >= 0.6 is 0 Å². The van der Waals surface area contributed by atoms with Crippen molar-refractivity contribution in [3.05, 3.63) is 65.0 Å². The Balaban J connectivity index is 1.61. The number of amides is 2. The first kappa shape index (κ1) is 18.3. The third kappa shape index (κ3) is 4.38. The van der Waals surface area contributed by atoms with Crippen molar-refractivity contribution < 1.29 is 14.3 Å². The Morgan fingerprint density at radius 1 is 0.963 bits per heavy atom. The Bertz CT molecular complexity index is 1000. The first-order valence-corrected chi connectivity index (χ1v) is 8.43. The minimum atomic E-state index is -0.392. The number of hydrogen-bond donors (Lipinski definition) is 2. The summed E-state index contributed by atoms with van der Waals surface area (Å²) in [5, 5.41) is 5.56. The number of anilines is 1. The summed E-state index contributed by atoms with van der Waals surface area (Å²) in [5.41, 5.74) is 5.24. The molecule has 0 saturated carbocycles. The lowest BCUT2D eigenvalue weighted by Crippen LogP contribution is -2.28. The molecule has 7 heteroatoms. The molecule has 3 rings (SSSR count). The van der Waals surface area contributed by atoms with Gasteiger partial charge in [0, 0.05) is 12.2 Å². The second kappa shape index (κ2) is 7.82. The van der Waals surface area contributed by atoms with Gasteiger partial charge in [-0.2, -0.15) is 0 Å². The minimum absolute atomic E-state index is 0.330. The zero-order chi connectivity index (χ0) is 19.4. The molecule has 27 heavy (non-hydrogen) atoms. The van der Waals surface area contributed by atoms with Gasteiger partial charge in [0.2, 0.25) is 0 Å². The largest absolute Gasteiger partial charge is 0.465 e. The second-order valence-corrected chi connectivity index (χ2v) is 6.09. The van der Waals surface area contributed by atoms with Crippen molar-refractivity contribution in [1.29, 1.82) is 0 Å². The van der Waals surface area contributed by atoms with Crippen molar-refractivity contribution in [3.63, 3.8) is 0 Å². The average molecular weight is 364 g/mol. The molecule has 0 atom stereocenters. The summed E-state index contributed by atoms with van der Waals surface area (Å²) in [5.74, 6) is -0.392. The van der Waals surface area contributed by atoms with Crippen LogP contribution < -0.4 is 10.6 Å². The Hall–Kier alpha value is -3.48. The topological polar surface area (TPSA) is 93.2 Å². The highest BCUT2D eigenvalue weighted by molar-refractivity contribution is 5.92. The summed E-state index contributed by atoms with van der Waals surface area (Å²) in [4.78, 5) is 32.5. The molecule has 2 amide bonds. The maximum absolute atomic E-state index is 12.1. The van der Waals surface area contributed by atoms with Gasteiger partial charge in [0.05, 0.1) is 35.1 Å². The highest BCUT2D eigenvalue weighted by Crippen LogP contribution is 2.17. The van der Waals surface area contributed by atoms with Crippen LogP contribution in [-0.2, 0) is 11.3 Å². The number of aryl methyl sites for hydroxylation is 2. The van der Waals surface area contributed by atoms with E-state index in [9.17, 15) is 9.59 Å². The third-order valence-electron chi connectivity index (χ3n) is 4.16. The van der Waals surface area contributed by atoms with Crippen LogP contribution in [0.4, 0.5) is 10.5 Å². The molecular formula is C20H20N4O3. The zero-order valence-electron chi connectivity index (χ0n) is 15.4. The van der Waals surface area contributed by atoms with Crippen LogP contribution in [-0.4, -0.2) is 29.1 Å². The summed E-state index contributed by atoms with van der Waals surface area (Å²) in [7, 11) is 1.34. The van der Waals surface area contributed by atoms with Gasteiger partial charge < -0.3 is 15.4 Å². The van der Waals surface area contributed by atoms with E-state index in [0.717, 1.165) is 28.0 Å². The molecule has 0 unspecified atom stereocenters. The van der Waals surface area contributed by atoms with Gasteiger partial charge in [0.15, 0.2) is 0 Å². The van der Waals surface area contributed by atoms with Gasteiger partial charge in [0.1, 0.15) is 0 Å². The highest BCUT2D eigenvalue weighted by Gasteiger charge is 2.07. The van der Waals surface area contributed by atoms with Gasteiger partial charge in [-0.1, -0.05) is 12.1 Å². The number of nitrogens with zero attached hydrogens (tertiary/aromatic N) is 2. The average Bonchev–Trinajstić information content (AvgIpc) is 2.67. The number of rotatable bonds is 4. The van der Waals surface area contributed by atoms with E-state index >= 15 is 0 Å². The molecule has 7 nitrogen and oxygen atoms in total. The maximum atomic E-state index is 12.1. The monoisotopic (exact) mass is 364 g/mol. The Labute approximate surface area is 156 Å². The zero-order valence-corrected chi connectivity index (χ0v) is 15.4. The number of hydrogen-bond acceptors (Lipinski definition) is 5. The molecular weight excluding hydrogens is 344 g/mol. The van der Waals surface area contributed by atoms with Crippen molar-refractivity contribution in [2.75, 3.05) is 12.4 Å². The maximum Gasteiger partial charge on any atom is 0.337 e. The van der Waals surface area contributed by atoms with Gasteiger partial charge in [-0.15, -0.1) is 0 Å². The van der Waals surface area contributed by atoms with E-state index in [0.29, 0.717) is 17.8 Å². The van der Waals surface area contributed by atoms with Crippen LogP contribution in [0.2, 0.25) is 0 Å². The third-order valence-corrected chi connectivity index (χ3v) is 4.16. The van der Waals surface area contributed by atoms with E-state index in [-0.39, 0.29) is 6.03 Å². The standard InChI is InChI=1S/C20H20N4O3/c1-12-13(2)23-18-10-16(8-9-17(18)22-12)24-20(26)21-11-14-4-6-15(7-5-14)19(25)27-3/h4-10H,11H2,1-3H3,(H2,21,24,26). The Morgan fingerprint density at radius 2 is 1.63 bits per heavy atom. The van der Waals surface area contributed by atoms with Gasteiger partial charge in [0.25, 0.3) is 0 Å². The lowest BCUT2D eigenvalue weighted by molar-refractivity contribution is 0.0600. The lowest BCUT2D eigenvalue weighted by atomic mass is 10.1. The summed E-state index contributed by atoms with van der Waals surface area (Å²) in [6, 6.07) is 11.9. The van der Waals surface area contributed by atoms with E-state index in [4.69, 9.17) is 0 Å². The van der Waals surface area contributed by atoms with Crippen LogP contribution in [0, 0.1) is 13.8 Å². The van der Waals surface area contributed by atoms with Crippen molar-refractivity contribution in [2.45, 2.75) is 20.4 Å². The minimum Gasteiger partial charge on any atom is -0.465 e. The molecule has 138 valence electrons. The predicted molar refractivity (Wildman–Crippen MR) is 103 cm³/mol. The molecule has 0 bridgehead atoms. The van der Waals surface area contributed by atoms with Gasteiger partial charge in [-0.25, -0.2) is 19.6 Å². The Kier molecular flexibility index (Phi) is 5.30. The second-order valence-electron chi connectivity index (χ2n) is 6.09. The first-order valence-electron chi connectivity index (χ1n) is 8.43. The number of ether oxygens (including phenoxy) is 1. The number of carbonyl (C=O) groups is 2. The number of fused-ring (bicyclic) bond motifs is 1. The predicted octanol–water partition coefficient (Wildman–Crippen LogP) is 3.35. The fourth-order valence-corrected chi connectivity index (χ4v) is 2.54. The SMILES string of the molecule is COC(=O)c1ccc(CNC(=O)Nc2ccc3nc(C)c(C)nc3c2)cc1. The fourth-order valence-electron chi connectivity index (χ4n) is 2.54. The number of carbonyl (C=O) groups excluding carboxylic acids is 2. The van der Waals surface area contributed by atoms with Gasteiger partial charge in [-0.3, -0.25) is 0 Å². The van der Waals surface area contributed by atoms with Crippen LogP contribution in [0.3, 0.4) is 0 Å². The molecule has 2 aromatic carbocycles. The van der Waals surface area contributed by atoms with E-state index in [1.807, 2.05) is 19.9 Å². The number of aromatic nitrogens is 2. The smallest absolute Gasteiger partial charge is 0.337 e. The molecule has 0 aliphatic heterocycles. The van der Waals surface area contributed by atoms with Crippen molar-refractivity contribution >= 4 is 28.7 Å². The molecule has 0 spiro atoms. The first-order chi connectivity index (χ1) is 13.0. The Morgan fingerprint density at radius 3 is 2.30 bits per heavy atom. The molecule has 3 aromatic rings. The highest BCUT2D eigenvalue weighted by atomic mass is 16.5. The van der Waals surface area contributed by atoms with Crippen LogP contribution in [0.15, 0.2) is 42.5 Å². The van der Waals surface area contributed by atoms with E-state index in [2.05, 4.69) is 25.3 Å². The number of nitrogens with one attached hydrogen (secondary N) is 2. The molecule has 1 heterocycles. The summed E-state index contributed by atoms with van der Waals surface area (Å²) < 4.78 is 4.66. The van der Waals surface area contributed by atoms with Gasteiger partial charge >= 0.3 is 12.0 Å². The van der Waals surface area contributed by atoms with E-state index in [1.54, 1.807) is 36.4 Å². The fraction of sp³-hybridized carbons (Fsp3) is 0.200. The van der Waals surface area contributed by atoms with Crippen LogP contribution in [0.5, 0.6) is 0 Å². The van der Waals surface area contributed by atoms with Crippen molar-refractivity contribution in [3.8, 4) is 0 Å². The number of benzene rings is 2. The molecule has 0 fully saturated rings. The normalized spacial score (nSPS) is 10.5. The lowest BCUT2D eigenvalue weighted by Gasteiger charge is -2.09. The van der Waals surface area contributed by atoms with Gasteiger partial charge in [-0.05, 0) is 49.7 Å². The summed E-state index contributed by atoms with van der Waals surface area (Å²) in [6.45, 7) is 4.15. The summed E-state index contributed by atoms with van der Waals surface area (Å²) in [6.07, 6.45) is 0. The van der Waals surface area contributed by atoms with Crippen LogP contribution in [0.1, 0.15) is 27.3 Å².